The minimum absolute atomic E-state index is 0.0217. The normalized spacial score (nSPS) is 13.3. The number of hydrogen-bond donors (Lipinski definition) is 1. The van der Waals surface area contributed by atoms with Crippen LogP contribution in [0.4, 0.5) is 0 Å². The van der Waals surface area contributed by atoms with Gasteiger partial charge in [-0.3, -0.25) is 4.79 Å². The average Bonchev–Trinajstić information content (AvgIpc) is 2.67. The zero-order valence-corrected chi connectivity index (χ0v) is 9.23. The number of fused-ring (bicyclic) bond motifs is 1. The third-order valence-electron chi connectivity index (χ3n) is 2.72. The van der Waals surface area contributed by atoms with Gasteiger partial charge in [-0.05, 0) is 24.1 Å². The van der Waals surface area contributed by atoms with E-state index >= 15 is 0 Å². The number of ketones is 1. The van der Waals surface area contributed by atoms with Gasteiger partial charge in [0.25, 0.3) is 0 Å². The Balaban J connectivity index is 2.48. The first-order valence-electron chi connectivity index (χ1n) is 5.30. The summed E-state index contributed by atoms with van der Waals surface area (Å²) in [7, 11) is 0. The molecule has 1 aromatic rings. The van der Waals surface area contributed by atoms with E-state index in [1.165, 1.54) is 6.07 Å². The zero-order valence-electron chi connectivity index (χ0n) is 9.23. The highest BCUT2D eigenvalue weighted by atomic mass is 16.5. The smallest absolute Gasteiger partial charge is 0.336 e. The van der Waals surface area contributed by atoms with Crippen molar-refractivity contribution in [2.75, 3.05) is 6.61 Å². The van der Waals surface area contributed by atoms with E-state index in [1.54, 1.807) is 12.1 Å². The molecule has 1 aliphatic carbocycles. The molecule has 1 N–H and O–H groups in total. The molecular formula is C13H12O4. The molecule has 1 aromatic carbocycles. The molecule has 0 aliphatic heterocycles. The lowest BCUT2D eigenvalue weighted by molar-refractivity contribution is 0.0695. The third kappa shape index (κ3) is 2.06. The van der Waals surface area contributed by atoms with Gasteiger partial charge in [0.05, 0.1) is 5.56 Å². The van der Waals surface area contributed by atoms with E-state index < -0.39 is 5.97 Å². The fourth-order valence-electron chi connectivity index (χ4n) is 1.97. The molecular weight excluding hydrogens is 220 g/mol. The van der Waals surface area contributed by atoms with Crippen molar-refractivity contribution in [3.8, 4) is 5.75 Å². The lowest BCUT2D eigenvalue weighted by Gasteiger charge is -2.08. The average molecular weight is 232 g/mol. The van der Waals surface area contributed by atoms with E-state index in [-0.39, 0.29) is 18.0 Å². The summed E-state index contributed by atoms with van der Waals surface area (Å²) in [6.45, 7) is 3.80. The van der Waals surface area contributed by atoms with Crippen LogP contribution in [0.25, 0.3) is 0 Å². The van der Waals surface area contributed by atoms with E-state index in [2.05, 4.69) is 6.58 Å². The number of carboxylic acids is 1. The van der Waals surface area contributed by atoms with E-state index in [0.717, 1.165) is 0 Å². The number of rotatable bonds is 4. The molecule has 0 bridgehead atoms. The molecule has 0 spiro atoms. The van der Waals surface area contributed by atoms with Crippen LogP contribution in [0.1, 0.15) is 32.7 Å². The molecule has 0 unspecified atom stereocenters. The zero-order chi connectivity index (χ0) is 12.4. The number of carbonyl (C=O) groups is 2. The van der Waals surface area contributed by atoms with E-state index in [9.17, 15) is 9.59 Å². The van der Waals surface area contributed by atoms with Crippen molar-refractivity contribution < 1.29 is 19.4 Å². The predicted octanol–water partition coefficient (Wildman–Crippen LogP) is 2.08. The van der Waals surface area contributed by atoms with Crippen LogP contribution in [0.3, 0.4) is 0 Å². The monoisotopic (exact) mass is 232 g/mol. The quantitative estimate of drug-likeness (QED) is 0.807. The molecule has 0 fully saturated rings. The Morgan fingerprint density at radius 3 is 2.88 bits per heavy atom. The van der Waals surface area contributed by atoms with Gasteiger partial charge in [0.2, 0.25) is 0 Å². The van der Waals surface area contributed by atoms with Crippen molar-refractivity contribution in [1.29, 1.82) is 0 Å². The van der Waals surface area contributed by atoms with Crippen LogP contribution in [0.5, 0.6) is 5.75 Å². The summed E-state index contributed by atoms with van der Waals surface area (Å²) in [5.41, 5.74) is 1.25. The summed E-state index contributed by atoms with van der Waals surface area (Å²) in [6.07, 6.45) is 2.44. The SMILES string of the molecule is C=CCOc1cc(C(=O)O)c2c(c1)C(=O)CC2. The summed E-state index contributed by atoms with van der Waals surface area (Å²) < 4.78 is 5.29. The molecule has 17 heavy (non-hydrogen) atoms. The number of carboxylic acid groups (broad SMARTS) is 1. The van der Waals surface area contributed by atoms with Gasteiger partial charge < -0.3 is 9.84 Å². The van der Waals surface area contributed by atoms with Gasteiger partial charge in [0.15, 0.2) is 5.78 Å². The number of benzene rings is 1. The summed E-state index contributed by atoms with van der Waals surface area (Å²) in [5.74, 6) is -0.650. The van der Waals surface area contributed by atoms with E-state index in [0.29, 0.717) is 29.7 Å². The van der Waals surface area contributed by atoms with Crippen LogP contribution in [0.15, 0.2) is 24.8 Å². The first-order valence-corrected chi connectivity index (χ1v) is 5.30. The third-order valence-corrected chi connectivity index (χ3v) is 2.72. The second-order valence-electron chi connectivity index (χ2n) is 3.82. The van der Waals surface area contributed by atoms with Crippen LogP contribution in [0, 0.1) is 0 Å². The Labute approximate surface area is 98.5 Å². The Morgan fingerprint density at radius 2 is 2.24 bits per heavy atom. The van der Waals surface area contributed by atoms with Crippen LogP contribution in [-0.2, 0) is 6.42 Å². The number of ether oxygens (including phenoxy) is 1. The maximum absolute atomic E-state index is 11.6. The highest BCUT2D eigenvalue weighted by Gasteiger charge is 2.26. The summed E-state index contributed by atoms with van der Waals surface area (Å²) in [6, 6.07) is 3.07. The summed E-state index contributed by atoms with van der Waals surface area (Å²) >= 11 is 0. The van der Waals surface area contributed by atoms with Crippen LogP contribution in [-0.4, -0.2) is 23.5 Å². The largest absolute Gasteiger partial charge is 0.490 e. The molecule has 1 aliphatic rings. The maximum atomic E-state index is 11.6. The van der Waals surface area contributed by atoms with Crippen molar-refractivity contribution in [1.82, 2.24) is 0 Å². The van der Waals surface area contributed by atoms with Crippen molar-refractivity contribution in [3.05, 3.63) is 41.5 Å². The van der Waals surface area contributed by atoms with Gasteiger partial charge in [-0.2, -0.15) is 0 Å². The molecule has 0 heterocycles. The molecule has 4 nitrogen and oxygen atoms in total. The van der Waals surface area contributed by atoms with Crippen molar-refractivity contribution >= 4 is 11.8 Å². The van der Waals surface area contributed by atoms with E-state index in [4.69, 9.17) is 9.84 Å². The fraction of sp³-hybridized carbons (Fsp3) is 0.231. The number of carbonyl (C=O) groups excluding carboxylic acids is 1. The molecule has 88 valence electrons. The molecule has 0 saturated carbocycles. The van der Waals surface area contributed by atoms with Gasteiger partial charge in [-0.15, -0.1) is 0 Å². The first kappa shape index (κ1) is 11.4. The van der Waals surface area contributed by atoms with E-state index in [1.807, 2.05) is 0 Å². The number of aromatic carboxylic acids is 1. The molecule has 0 radical (unpaired) electrons. The second-order valence-corrected chi connectivity index (χ2v) is 3.82. The minimum atomic E-state index is -1.03. The highest BCUT2D eigenvalue weighted by Crippen LogP contribution is 2.30. The molecule has 2 rings (SSSR count). The molecule has 4 heteroatoms. The highest BCUT2D eigenvalue weighted by molar-refractivity contribution is 6.04. The van der Waals surface area contributed by atoms with Gasteiger partial charge in [-0.25, -0.2) is 4.79 Å². The van der Waals surface area contributed by atoms with Crippen LogP contribution >= 0.6 is 0 Å². The molecule has 0 aromatic heterocycles. The van der Waals surface area contributed by atoms with Gasteiger partial charge >= 0.3 is 5.97 Å². The van der Waals surface area contributed by atoms with Crippen LogP contribution < -0.4 is 4.74 Å². The van der Waals surface area contributed by atoms with Gasteiger partial charge in [0.1, 0.15) is 12.4 Å². The van der Waals surface area contributed by atoms with Gasteiger partial charge in [0, 0.05) is 12.0 Å². The Bertz CT molecular complexity index is 502. The first-order chi connectivity index (χ1) is 8.13. The molecule has 0 saturated heterocycles. The second kappa shape index (κ2) is 4.41. The Kier molecular flexibility index (Phi) is 2.95. The summed E-state index contributed by atoms with van der Waals surface area (Å²) in [4.78, 5) is 22.7. The number of Topliss-reactive ketones (excluding diaryl/α,β-unsaturated/α-hetero) is 1. The van der Waals surface area contributed by atoms with Crippen molar-refractivity contribution in [2.45, 2.75) is 12.8 Å². The maximum Gasteiger partial charge on any atom is 0.336 e. The van der Waals surface area contributed by atoms with Crippen LogP contribution in [0.2, 0.25) is 0 Å². The van der Waals surface area contributed by atoms with Crippen molar-refractivity contribution in [3.63, 3.8) is 0 Å². The van der Waals surface area contributed by atoms with Crippen molar-refractivity contribution in [2.24, 2.45) is 0 Å². The Morgan fingerprint density at radius 1 is 1.47 bits per heavy atom. The molecule has 0 atom stereocenters. The van der Waals surface area contributed by atoms with Gasteiger partial charge in [-0.1, -0.05) is 12.7 Å². The molecule has 0 amide bonds. The Hall–Kier alpha value is -2.10. The lowest BCUT2D eigenvalue weighted by atomic mass is 10.0. The standard InChI is InChI=1S/C13H12O4/c1-2-5-17-8-6-10-9(3-4-12(10)14)11(7-8)13(15)16/h2,6-7H,1,3-5H2,(H,15,16). The predicted molar refractivity (Wildman–Crippen MR) is 61.7 cm³/mol. The topological polar surface area (TPSA) is 63.6 Å². The lowest BCUT2D eigenvalue weighted by Crippen LogP contribution is -2.05. The number of hydrogen-bond acceptors (Lipinski definition) is 3. The fourth-order valence-corrected chi connectivity index (χ4v) is 1.97. The summed E-state index contributed by atoms with van der Waals surface area (Å²) in [5, 5.41) is 9.10. The minimum Gasteiger partial charge on any atom is -0.490 e.